The summed E-state index contributed by atoms with van der Waals surface area (Å²) in [7, 11) is -3.96. The summed E-state index contributed by atoms with van der Waals surface area (Å²) in [6, 6.07) is 7.68. The van der Waals surface area contributed by atoms with Crippen LogP contribution in [0.25, 0.3) is 0 Å². The number of rotatable bonds is 4. The normalized spacial score (nSPS) is 36.1. The first-order valence-corrected chi connectivity index (χ1v) is 10.0. The molecule has 0 bridgehead atoms. The van der Waals surface area contributed by atoms with Crippen LogP contribution in [-0.4, -0.2) is 56.2 Å². The van der Waals surface area contributed by atoms with Crippen LogP contribution in [0.3, 0.4) is 0 Å². The molecule has 9 heteroatoms. The van der Waals surface area contributed by atoms with E-state index in [9.17, 15) is 13.2 Å². The molecule has 3 heterocycles. The molecule has 3 fully saturated rings. The number of nitrogens with one attached hydrogen (secondary N) is 1. The number of nitrogens with zero attached hydrogens (tertiary/aromatic N) is 1. The van der Waals surface area contributed by atoms with E-state index in [1.807, 2.05) is 18.6 Å². The van der Waals surface area contributed by atoms with Crippen LogP contribution in [0.4, 0.5) is 4.79 Å². The van der Waals surface area contributed by atoms with Crippen LogP contribution in [0, 0.1) is 0 Å². The zero-order valence-corrected chi connectivity index (χ0v) is 15.5. The summed E-state index contributed by atoms with van der Waals surface area (Å²) < 4.78 is 43.6. The third kappa shape index (κ3) is 2.61. The van der Waals surface area contributed by atoms with Gasteiger partial charge in [0.25, 0.3) is 10.0 Å². The van der Waals surface area contributed by atoms with E-state index >= 15 is 0 Å². The largest absolute Gasteiger partial charge is 0.447 e. The highest BCUT2D eigenvalue weighted by Crippen LogP contribution is 2.55. The van der Waals surface area contributed by atoms with Crippen LogP contribution in [0.2, 0.25) is 0 Å². The molecule has 3 aliphatic rings. The van der Waals surface area contributed by atoms with Crippen LogP contribution >= 0.6 is 0 Å². The Morgan fingerprint density at radius 1 is 1.15 bits per heavy atom. The van der Waals surface area contributed by atoms with Crippen LogP contribution in [0.15, 0.2) is 35.2 Å². The predicted octanol–water partition coefficient (Wildman–Crippen LogP) is 1.43. The lowest BCUT2D eigenvalue weighted by Crippen LogP contribution is -2.56. The van der Waals surface area contributed by atoms with Crippen molar-refractivity contribution in [2.24, 2.45) is 0 Å². The number of sulfonamides is 1. The molecule has 0 aliphatic carbocycles. The molecule has 1 aromatic carbocycles. The molecule has 0 radical (unpaired) electrons. The van der Waals surface area contributed by atoms with Crippen molar-refractivity contribution < 1.29 is 27.4 Å². The van der Waals surface area contributed by atoms with Gasteiger partial charge in [0, 0.05) is 0 Å². The van der Waals surface area contributed by atoms with E-state index in [1.165, 1.54) is 12.1 Å². The Hall–Kier alpha value is -1.68. The third-order valence-corrected chi connectivity index (χ3v) is 6.85. The monoisotopic (exact) mass is 382 g/mol. The van der Waals surface area contributed by atoms with E-state index in [2.05, 4.69) is 4.90 Å². The Morgan fingerprint density at radius 3 is 2.31 bits per heavy atom. The molecule has 2 atom stereocenters. The van der Waals surface area contributed by atoms with Crippen LogP contribution < -0.4 is 4.72 Å². The third-order valence-electron chi connectivity index (χ3n) is 5.52. The second-order valence-corrected chi connectivity index (χ2v) is 9.16. The minimum absolute atomic E-state index is 0.00297. The van der Waals surface area contributed by atoms with Crippen molar-refractivity contribution in [1.82, 2.24) is 9.62 Å². The first kappa shape index (κ1) is 17.7. The minimum Gasteiger partial charge on any atom is -0.447 e. The predicted molar refractivity (Wildman–Crippen MR) is 90.6 cm³/mol. The van der Waals surface area contributed by atoms with Crippen molar-refractivity contribution in [2.75, 3.05) is 19.8 Å². The molecule has 3 aliphatic heterocycles. The zero-order chi connectivity index (χ0) is 18.6. The average Bonchev–Trinajstić information content (AvgIpc) is 3.18. The highest BCUT2D eigenvalue weighted by Gasteiger charge is 2.69. The summed E-state index contributed by atoms with van der Waals surface area (Å²) in [5.74, 6) is 0. The second kappa shape index (κ2) is 5.66. The van der Waals surface area contributed by atoms with Gasteiger partial charge in [-0.2, -0.15) is 0 Å². The summed E-state index contributed by atoms with van der Waals surface area (Å²) in [6.07, 6.45) is 0.657. The Kier molecular flexibility index (Phi) is 3.85. The van der Waals surface area contributed by atoms with Gasteiger partial charge in [0.1, 0.15) is 23.6 Å². The Morgan fingerprint density at radius 2 is 1.73 bits per heavy atom. The van der Waals surface area contributed by atoms with Crippen LogP contribution in [0.5, 0.6) is 0 Å². The molecule has 0 saturated carbocycles. The van der Waals surface area contributed by atoms with Crippen molar-refractivity contribution in [1.29, 1.82) is 0 Å². The number of hydrogen-bond acceptors (Lipinski definition) is 7. The van der Waals surface area contributed by atoms with E-state index in [4.69, 9.17) is 14.2 Å². The highest BCUT2D eigenvalue weighted by atomic mass is 32.2. The minimum atomic E-state index is -3.96. The first-order valence-electron chi connectivity index (χ1n) is 8.52. The van der Waals surface area contributed by atoms with E-state index in [0.717, 1.165) is 12.8 Å². The summed E-state index contributed by atoms with van der Waals surface area (Å²) >= 11 is 0. The van der Waals surface area contributed by atoms with E-state index in [-0.39, 0.29) is 11.5 Å². The molecular formula is C17H22N2O6S. The molecule has 1 aromatic rings. The molecular weight excluding hydrogens is 360 g/mol. The van der Waals surface area contributed by atoms with Gasteiger partial charge in [-0.25, -0.2) is 22.8 Å². The van der Waals surface area contributed by atoms with Crippen molar-refractivity contribution in [3.05, 3.63) is 30.3 Å². The molecule has 1 amide bonds. The molecule has 4 rings (SSSR count). The molecule has 3 saturated heterocycles. The first-order chi connectivity index (χ1) is 12.2. The SMILES string of the molecule is CC12CCC3(C)OCC(COC(=O)NS(=O)(=O)c4ccccc4)(CO1)N23. The van der Waals surface area contributed by atoms with Gasteiger partial charge in [-0.15, -0.1) is 0 Å². The Labute approximate surface area is 152 Å². The van der Waals surface area contributed by atoms with E-state index in [0.29, 0.717) is 13.2 Å². The Bertz CT molecular complexity index is 807. The van der Waals surface area contributed by atoms with Crippen molar-refractivity contribution in [3.63, 3.8) is 0 Å². The maximum atomic E-state index is 12.2. The summed E-state index contributed by atoms with van der Waals surface area (Å²) in [6.45, 7) is 4.76. The summed E-state index contributed by atoms with van der Waals surface area (Å²) in [5.41, 5.74) is -1.48. The standard InChI is InChI=1S/C17H22N2O6S/c1-15-8-9-16(2)19(15)17(11-24-15,12-25-16)10-23-14(20)18-26(21,22)13-6-4-3-5-7-13/h3-7H,8-12H2,1-2H3,(H,18,20). The van der Waals surface area contributed by atoms with Gasteiger partial charge >= 0.3 is 6.09 Å². The fraction of sp³-hybridized carbons (Fsp3) is 0.588. The lowest BCUT2D eigenvalue weighted by molar-refractivity contribution is -0.125. The van der Waals surface area contributed by atoms with Crippen molar-refractivity contribution in [2.45, 2.75) is 48.6 Å². The van der Waals surface area contributed by atoms with Gasteiger partial charge < -0.3 is 14.2 Å². The van der Waals surface area contributed by atoms with Gasteiger partial charge in [0.05, 0.1) is 18.1 Å². The molecule has 26 heavy (non-hydrogen) atoms. The molecule has 1 N–H and O–H groups in total. The van der Waals surface area contributed by atoms with Crippen molar-refractivity contribution in [3.8, 4) is 0 Å². The highest BCUT2D eigenvalue weighted by molar-refractivity contribution is 7.90. The summed E-state index contributed by atoms with van der Waals surface area (Å²) in [5, 5.41) is 0. The number of carbonyl (C=O) groups excluding carboxylic acids is 1. The number of ether oxygens (including phenoxy) is 3. The quantitative estimate of drug-likeness (QED) is 0.842. The smallest absolute Gasteiger partial charge is 0.421 e. The Balaban J connectivity index is 1.44. The number of carbonyl (C=O) groups is 1. The number of amides is 1. The van der Waals surface area contributed by atoms with Crippen molar-refractivity contribution >= 4 is 16.1 Å². The number of hydrogen-bond donors (Lipinski definition) is 1. The van der Waals surface area contributed by atoms with Gasteiger partial charge in [0.2, 0.25) is 0 Å². The molecule has 2 unspecified atom stereocenters. The second-order valence-electron chi connectivity index (χ2n) is 7.48. The van der Waals surface area contributed by atoms with Crippen LogP contribution in [-0.2, 0) is 24.2 Å². The fourth-order valence-corrected chi connectivity index (χ4v) is 5.27. The molecule has 0 aromatic heterocycles. The zero-order valence-electron chi connectivity index (χ0n) is 14.7. The molecule has 0 spiro atoms. The fourth-order valence-electron chi connectivity index (χ4n) is 4.36. The van der Waals surface area contributed by atoms with Gasteiger partial charge in [-0.3, -0.25) is 0 Å². The van der Waals surface area contributed by atoms with E-state index in [1.54, 1.807) is 18.2 Å². The maximum Gasteiger partial charge on any atom is 0.421 e. The van der Waals surface area contributed by atoms with Gasteiger partial charge in [0.15, 0.2) is 0 Å². The maximum absolute atomic E-state index is 12.2. The van der Waals surface area contributed by atoms with Crippen LogP contribution in [0.1, 0.15) is 26.7 Å². The van der Waals surface area contributed by atoms with E-state index < -0.39 is 33.1 Å². The number of benzene rings is 1. The molecule has 142 valence electrons. The topological polar surface area (TPSA) is 94.2 Å². The lowest BCUT2D eigenvalue weighted by atomic mass is 10.0. The average molecular weight is 382 g/mol. The lowest BCUT2D eigenvalue weighted by Gasteiger charge is -2.37. The molecule has 8 nitrogen and oxygen atoms in total. The summed E-state index contributed by atoms with van der Waals surface area (Å²) in [4.78, 5) is 14.2. The van der Waals surface area contributed by atoms with Gasteiger partial charge in [-0.1, -0.05) is 18.2 Å². The van der Waals surface area contributed by atoms with Gasteiger partial charge in [-0.05, 0) is 38.8 Å².